The summed E-state index contributed by atoms with van der Waals surface area (Å²) in [5.74, 6) is 0. The highest BCUT2D eigenvalue weighted by Crippen LogP contribution is 2.16. The summed E-state index contributed by atoms with van der Waals surface area (Å²) in [6, 6.07) is 8.23. The van der Waals surface area contributed by atoms with Crippen LogP contribution in [-0.4, -0.2) is 19.7 Å². The van der Waals surface area contributed by atoms with E-state index in [2.05, 4.69) is 40.3 Å². The largest absolute Gasteiger partial charge is 0.377 e. The molecule has 0 saturated carbocycles. The third-order valence-electron chi connectivity index (χ3n) is 3.03. The first-order chi connectivity index (χ1) is 9.34. The molecule has 0 aliphatic carbocycles. The molecule has 108 valence electrons. The van der Waals surface area contributed by atoms with Gasteiger partial charge in [-0.1, -0.05) is 53.9 Å². The van der Waals surface area contributed by atoms with Crippen LogP contribution in [0.15, 0.2) is 28.7 Å². The van der Waals surface area contributed by atoms with Gasteiger partial charge in [0.15, 0.2) is 0 Å². The summed E-state index contributed by atoms with van der Waals surface area (Å²) in [6.45, 7) is 6.08. The van der Waals surface area contributed by atoms with Crippen molar-refractivity contribution in [3.8, 4) is 0 Å². The van der Waals surface area contributed by atoms with Crippen LogP contribution in [0.1, 0.15) is 44.6 Å². The summed E-state index contributed by atoms with van der Waals surface area (Å²) < 4.78 is 6.84. The Kier molecular flexibility index (Phi) is 10.0. The van der Waals surface area contributed by atoms with Crippen LogP contribution in [0.3, 0.4) is 0 Å². The van der Waals surface area contributed by atoms with Crippen molar-refractivity contribution in [2.75, 3.05) is 19.7 Å². The van der Waals surface area contributed by atoms with Crippen LogP contribution in [0.25, 0.3) is 0 Å². The Labute approximate surface area is 126 Å². The SMILES string of the molecule is CCCNCCCCCCOCc1ccccc1Br. The monoisotopic (exact) mass is 327 g/mol. The Morgan fingerprint density at radius 3 is 2.63 bits per heavy atom. The molecule has 0 heterocycles. The van der Waals surface area contributed by atoms with Gasteiger partial charge < -0.3 is 10.1 Å². The Hall–Kier alpha value is -0.380. The Morgan fingerprint density at radius 1 is 1.05 bits per heavy atom. The highest BCUT2D eigenvalue weighted by molar-refractivity contribution is 9.10. The summed E-state index contributed by atoms with van der Waals surface area (Å²) >= 11 is 3.53. The van der Waals surface area contributed by atoms with E-state index in [0.29, 0.717) is 6.61 Å². The Balaban J connectivity index is 1.90. The van der Waals surface area contributed by atoms with E-state index in [1.54, 1.807) is 0 Å². The van der Waals surface area contributed by atoms with E-state index in [-0.39, 0.29) is 0 Å². The van der Waals surface area contributed by atoms with Crippen molar-refractivity contribution in [2.45, 2.75) is 45.6 Å². The van der Waals surface area contributed by atoms with E-state index in [4.69, 9.17) is 4.74 Å². The van der Waals surface area contributed by atoms with Gasteiger partial charge in [0.2, 0.25) is 0 Å². The number of nitrogens with one attached hydrogen (secondary N) is 1. The maximum absolute atomic E-state index is 5.70. The Morgan fingerprint density at radius 2 is 1.84 bits per heavy atom. The topological polar surface area (TPSA) is 21.3 Å². The average Bonchev–Trinajstić information content (AvgIpc) is 2.43. The third kappa shape index (κ3) is 8.40. The van der Waals surface area contributed by atoms with E-state index in [0.717, 1.165) is 30.6 Å². The maximum atomic E-state index is 5.70. The van der Waals surface area contributed by atoms with Crippen LogP contribution in [0, 0.1) is 0 Å². The fourth-order valence-corrected chi connectivity index (χ4v) is 2.31. The second-order valence-electron chi connectivity index (χ2n) is 4.81. The maximum Gasteiger partial charge on any atom is 0.0727 e. The van der Waals surface area contributed by atoms with Crippen LogP contribution >= 0.6 is 15.9 Å². The second kappa shape index (κ2) is 11.4. The van der Waals surface area contributed by atoms with Gasteiger partial charge in [0.25, 0.3) is 0 Å². The van der Waals surface area contributed by atoms with Gasteiger partial charge in [-0.05, 0) is 44.0 Å². The van der Waals surface area contributed by atoms with Crippen molar-refractivity contribution in [1.82, 2.24) is 5.32 Å². The summed E-state index contributed by atoms with van der Waals surface area (Å²) in [5, 5.41) is 3.43. The number of rotatable bonds is 11. The molecule has 0 atom stereocenters. The smallest absolute Gasteiger partial charge is 0.0727 e. The minimum Gasteiger partial charge on any atom is -0.377 e. The third-order valence-corrected chi connectivity index (χ3v) is 3.81. The van der Waals surface area contributed by atoms with Gasteiger partial charge in [0.05, 0.1) is 6.61 Å². The molecule has 1 N–H and O–H groups in total. The van der Waals surface area contributed by atoms with E-state index in [9.17, 15) is 0 Å². The molecule has 0 bridgehead atoms. The zero-order chi connectivity index (χ0) is 13.8. The van der Waals surface area contributed by atoms with E-state index >= 15 is 0 Å². The molecule has 0 aliphatic heterocycles. The van der Waals surface area contributed by atoms with Crippen molar-refractivity contribution in [3.05, 3.63) is 34.3 Å². The van der Waals surface area contributed by atoms with Gasteiger partial charge in [-0.15, -0.1) is 0 Å². The fraction of sp³-hybridized carbons (Fsp3) is 0.625. The molecule has 0 aromatic heterocycles. The molecule has 0 radical (unpaired) electrons. The fourth-order valence-electron chi connectivity index (χ4n) is 1.91. The van der Waals surface area contributed by atoms with Crippen molar-refractivity contribution in [2.24, 2.45) is 0 Å². The summed E-state index contributed by atoms with van der Waals surface area (Å²) in [6.07, 6.45) is 6.24. The number of hydrogen-bond donors (Lipinski definition) is 1. The van der Waals surface area contributed by atoms with Gasteiger partial charge in [-0.3, -0.25) is 0 Å². The quantitative estimate of drug-likeness (QED) is 0.603. The van der Waals surface area contributed by atoms with Gasteiger partial charge in [-0.2, -0.15) is 0 Å². The summed E-state index contributed by atoms with van der Waals surface area (Å²) in [4.78, 5) is 0. The molecular weight excluding hydrogens is 302 g/mol. The molecule has 2 nitrogen and oxygen atoms in total. The lowest BCUT2D eigenvalue weighted by Gasteiger charge is -2.06. The van der Waals surface area contributed by atoms with Crippen molar-refractivity contribution in [1.29, 1.82) is 0 Å². The minimum atomic E-state index is 0.708. The van der Waals surface area contributed by atoms with Crippen LogP contribution in [0.2, 0.25) is 0 Å². The van der Waals surface area contributed by atoms with Crippen LogP contribution in [0.5, 0.6) is 0 Å². The molecule has 0 amide bonds. The van der Waals surface area contributed by atoms with Gasteiger partial charge >= 0.3 is 0 Å². The highest BCUT2D eigenvalue weighted by Gasteiger charge is 1.98. The van der Waals surface area contributed by atoms with Crippen molar-refractivity contribution < 1.29 is 4.74 Å². The average molecular weight is 328 g/mol. The molecule has 1 rings (SSSR count). The first-order valence-electron chi connectivity index (χ1n) is 7.36. The molecule has 0 aliphatic rings. The van der Waals surface area contributed by atoms with Gasteiger partial charge in [0.1, 0.15) is 0 Å². The summed E-state index contributed by atoms with van der Waals surface area (Å²) in [7, 11) is 0. The molecule has 0 spiro atoms. The molecule has 0 unspecified atom stereocenters. The number of benzene rings is 1. The molecule has 0 saturated heterocycles. The van der Waals surface area contributed by atoms with Crippen LogP contribution in [0.4, 0.5) is 0 Å². The van der Waals surface area contributed by atoms with Crippen molar-refractivity contribution >= 4 is 15.9 Å². The first-order valence-corrected chi connectivity index (χ1v) is 8.15. The zero-order valence-corrected chi connectivity index (χ0v) is 13.5. The van der Waals surface area contributed by atoms with Gasteiger partial charge in [0, 0.05) is 11.1 Å². The lowest BCUT2D eigenvalue weighted by molar-refractivity contribution is 0.116. The number of unbranched alkanes of at least 4 members (excludes halogenated alkanes) is 3. The number of halogens is 1. The van der Waals surface area contributed by atoms with Crippen molar-refractivity contribution in [3.63, 3.8) is 0 Å². The Bertz CT molecular complexity index is 330. The van der Waals surface area contributed by atoms with E-state index in [1.807, 2.05) is 12.1 Å². The zero-order valence-electron chi connectivity index (χ0n) is 12.0. The van der Waals surface area contributed by atoms with Gasteiger partial charge in [-0.25, -0.2) is 0 Å². The lowest BCUT2D eigenvalue weighted by Crippen LogP contribution is -2.15. The standard InChI is InChI=1S/C16H26BrNO/c1-2-11-18-12-7-3-4-8-13-19-14-15-9-5-6-10-16(15)17/h5-6,9-10,18H,2-4,7-8,11-14H2,1H3. The molecule has 1 aromatic carbocycles. The second-order valence-corrected chi connectivity index (χ2v) is 5.66. The predicted molar refractivity (Wildman–Crippen MR) is 85.4 cm³/mol. The minimum absolute atomic E-state index is 0.708. The first kappa shape index (κ1) is 16.7. The number of hydrogen-bond acceptors (Lipinski definition) is 2. The number of ether oxygens (including phenoxy) is 1. The molecule has 19 heavy (non-hydrogen) atoms. The normalized spacial score (nSPS) is 10.8. The molecular formula is C16H26BrNO. The van der Waals surface area contributed by atoms with E-state index in [1.165, 1.54) is 31.2 Å². The molecule has 0 fully saturated rings. The van der Waals surface area contributed by atoms with Crippen LogP contribution < -0.4 is 5.32 Å². The van der Waals surface area contributed by atoms with Crippen LogP contribution in [-0.2, 0) is 11.3 Å². The summed E-state index contributed by atoms with van der Waals surface area (Å²) in [5.41, 5.74) is 1.23. The van der Waals surface area contributed by atoms with E-state index < -0.39 is 0 Å². The predicted octanol–water partition coefficient (Wildman–Crippen LogP) is 4.53. The lowest BCUT2D eigenvalue weighted by atomic mass is 10.2. The highest BCUT2D eigenvalue weighted by atomic mass is 79.9. The molecule has 1 aromatic rings. The molecule has 3 heteroatoms.